The second-order valence-corrected chi connectivity index (χ2v) is 10.6. The maximum atomic E-state index is 13.5. The van der Waals surface area contributed by atoms with Crippen LogP contribution in [-0.4, -0.2) is 75.0 Å². The van der Waals surface area contributed by atoms with Crippen LogP contribution >= 0.6 is 15.9 Å². The molecule has 3 N–H and O–H groups in total. The fraction of sp³-hybridized carbons (Fsp3) is 0.850. The fourth-order valence-corrected chi connectivity index (χ4v) is 5.98. The first kappa shape index (κ1) is 22.5. The Morgan fingerprint density at radius 3 is 2.59 bits per heavy atom. The van der Waals surface area contributed by atoms with Crippen molar-refractivity contribution in [3.63, 3.8) is 0 Å². The van der Waals surface area contributed by atoms with Crippen molar-refractivity contribution in [2.75, 3.05) is 13.2 Å². The molecule has 3 saturated heterocycles. The lowest BCUT2D eigenvalue weighted by atomic mass is 9.70. The van der Waals surface area contributed by atoms with Gasteiger partial charge in [-0.15, -0.1) is 0 Å². The van der Waals surface area contributed by atoms with E-state index in [1.807, 2.05) is 27.7 Å². The maximum Gasteiger partial charge on any atom is 0.246 e. The van der Waals surface area contributed by atoms with Crippen molar-refractivity contribution in [1.82, 2.24) is 15.5 Å². The molecule has 29 heavy (non-hydrogen) atoms. The lowest BCUT2D eigenvalue weighted by Crippen LogP contribution is -2.60. The Bertz CT molecular complexity index is 696. The molecule has 1 spiro atoms. The zero-order valence-electron chi connectivity index (χ0n) is 17.7. The Hall–Kier alpha value is -1.19. The quantitative estimate of drug-likeness (QED) is 0.488. The second kappa shape index (κ2) is 7.81. The molecule has 3 aliphatic rings. The fourth-order valence-electron chi connectivity index (χ4n) is 5.03. The van der Waals surface area contributed by atoms with Crippen molar-refractivity contribution in [1.29, 1.82) is 0 Å². The molecule has 3 fully saturated rings. The molecule has 0 saturated carbocycles. The molecule has 3 aliphatic heterocycles. The number of likely N-dealkylation sites (tertiary alicyclic amines) is 1. The Morgan fingerprint density at radius 1 is 1.38 bits per heavy atom. The summed E-state index contributed by atoms with van der Waals surface area (Å²) in [4.78, 5) is 41.1. The van der Waals surface area contributed by atoms with Gasteiger partial charge in [0.2, 0.25) is 17.7 Å². The highest BCUT2D eigenvalue weighted by molar-refractivity contribution is 9.09. The van der Waals surface area contributed by atoms with Gasteiger partial charge in [-0.05, 0) is 40.5 Å². The maximum absolute atomic E-state index is 13.5. The van der Waals surface area contributed by atoms with Crippen LogP contribution in [0.5, 0.6) is 0 Å². The van der Waals surface area contributed by atoms with Gasteiger partial charge in [0.05, 0.1) is 30.6 Å². The molecule has 0 aromatic heterocycles. The van der Waals surface area contributed by atoms with E-state index >= 15 is 0 Å². The number of alkyl halides is 1. The molecule has 3 unspecified atom stereocenters. The summed E-state index contributed by atoms with van der Waals surface area (Å²) in [5.41, 5.74) is -1.58. The minimum atomic E-state index is -1.08. The number of nitrogens with one attached hydrogen (secondary N) is 2. The van der Waals surface area contributed by atoms with E-state index in [0.717, 1.165) is 6.42 Å². The van der Waals surface area contributed by atoms with Gasteiger partial charge in [-0.1, -0.05) is 22.9 Å². The number of aliphatic hydroxyl groups is 1. The highest BCUT2D eigenvalue weighted by Gasteiger charge is 2.76. The number of halogens is 1. The van der Waals surface area contributed by atoms with Crippen LogP contribution in [0.4, 0.5) is 0 Å². The number of aliphatic hydroxyl groups excluding tert-OH is 1. The van der Waals surface area contributed by atoms with Gasteiger partial charge in [0.25, 0.3) is 0 Å². The van der Waals surface area contributed by atoms with E-state index in [-0.39, 0.29) is 29.2 Å². The molecular formula is C20H32BrN3O5. The van der Waals surface area contributed by atoms with Crippen LogP contribution in [-0.2, 0) is 19.1 Å². The van der Waals surface area contributed by atoms with Crippen LogP contribution in [0.3, 0.4) is 0 Å². The van der Waals surface area contributed by atoms with Gasteiger partial charge in [0.15, 0.2) is 0 Å². The van der Waals surface area contributed by atoms with E-state index in [9.17, 15) is 19.5 Å². The van der Waals surface area contributed by atoms with Crippen LogP contribution in [0.2, 0.25) is 0 Å². The average Bonchev–Trinajstić information content (AvgIpc) is 3.21. The van der Waals surface area contributed by atoms with Crippen LogP contribution in [0, 0.1) is 11.8 Å². The van der Waals surface area contributed by atoms with E-state index in [1.165, 1.54) is 4.90 Å². The number of hydrogen-bond donors (Lipinski definition) is 3. The van der Waals surface area contributed by atoms with Crippen molar-refractivity contribution in [3.05, 3.63) is 0 Å². The van der Waals surface area contributed by atoms with Gasteiger partial charge < -0.3 is 25.4 Å². The minimum absolute atomic E-state index is 0.127. The summed E-state index contributed by atoms with van der Waals surface area (Å²) in [5, 5.41) is 15.6. The molecule has 3 amide bonds. The molecule has 9 heteroatoms. The third-order valence-corrected chi connectivity index (χ3v) is 6.91. The van der Waals surface area contributed by atoms with Crippen molar-refractivity contribution in [3.8, 4) is 0 Å². The SMILES string of the molecule is CCCNC(=O)[C@H]1[C@@H]2OC3(CC2Br)C(C(=O)NC(C)(C)C)N([C@H](C)CO)C(=O)[C@H]13. The van der Waals surface area contributed by atoms with Gasteiger partial charge >= 0.3 is 0 Å². The number of carbonyl (C=O) groups excluding carboxylic acids is 3. The van der Waals surface area contributed by atoms with E-state index in [2.05, 4.69) is 26.6 Å². The van der Waals surface area contributed by atoms with Gasteiger partial charge in [-0.3, -0.25) is 14.4 Å². The van der Waals surface area contributed by atoms with Crippen LogP contribution < -0.4 is 10.6 Å². The molecule has 3 heterocycles. The van der Waals surface area contributed by atoms with Crippen LogP contribution in [0.1, 0.15) is 47.5 Å². The lowest BCUT2D eigenvalue weighted by molar-refractivity contribution is -0.145. The van der Waals surface area contributed by atoms with Crippen molar-refractivity contribution in [2.45, 2.75) is 81.6 Å². The highest BCUT2D eigenvalue weighted by Crippen LogP contribution is 2.60. The van der Waals surface area contributed by atoms with Crippen molar-refractivity contribution < 1.29 is 24.2 Å². The summed E-state index contributed by atoms with van der Waals surface area (Å²) in [6.45, 7) is 9.53. The number of amides is 3. The zero-order valence-corrected chi connectivity index (χ0v) is 19.3. The topological polar surface area (TPSA) is 108 Å². The van der Waals surface area contributed by atoms with E-state index in [0.29, 0.717) is 13.0 Å². The molecule has 164 valence electrons. The summed E-state index contributed by atoms with van der Waals surface area (Å²) < 4.78 is 6.34. The van der Waals surface area contributed by atoms with E-state index < -0.39 is 41.2 Å². The van der Waals surface area contributed by atoms with Gasteiger partial charge in [-0.2, -0.15) is 0 Å². The molecule has 0 aromatic rings. The summed E-state index contributed by atoms with van der Waals surface area (Å²) >= 11 is 3.62. The molecule has 0 aliphatic carbocycles. The number of ether oxygens (including phenoxy) is 1. The molecule has 0 aromatic carbocycles. The Balaban J connectivity index is 2.03. The first-order valence-corrected chi connectivity index (χ1v) is 11.2. The summed E-state index contributed by atoms with van der Waals surface area (Å²) in [6, 6.07) is -1.45. The molecule has 7 atom stereocenters. The Kier molecular flexibility index (Phi) is 6.06. The molecular weight excluding hydrogens is 442 g/mol. The van der Waals surface area contributed by atoms with Crippen LogP contribution in [0.25, 0.3) is 0 Å². The summed E-state index contributed by atoms with van der Waals surface area (Å²) in [5.74, 6) is -2.21. The summed E-state index contributed by atoms with van der Waals surface area (Å²) in [7, 11) is 0. The Labute approximate surface area is 180 Å². The average molecular weight is 474 g/mol. The number of hydrogen-bond acceptors (Lipinski definition) is 5. The van der Waals surface area contributed by atoms with Crippen LogP contribution in [0.15, 0.2) is 0 Å². The molecule has 0 radical (unpaired) electrons. The Morgan fingerprint density at radius 2 is 2.03 bits per heavy atom. The van der Waals surface area contributed by atoms with E-state index in [4.69, 9.17) is 4.74 Å². The first-order valence-electron chi connectivity index (χ1n) is 10.3. The standard InChI is InChI=1S/C20H32BrN3O5/c1-6-7-22-16(26)12-13-18(28)24(10(2)9-25)15(17(27)23-19(3,4)5)20(13)8-11(21)14(12)29-20/h10-15,25H,6-9H2,1-5H3,(H,22,26)(H,23,27)/t10-,11?,12-,13+,14-,15?,20?/m1/s1. The number of carbonyl (C=O) groups is 3. The normalized spacial score (nSPS) is 36.9. The third-order valence-electron chi connectivity index (χ3n) is 6.06. The molecule has 3 rings (SSSR count). The van der Waals surface area contributed by atoms with Crippen molar-refractivity contribution >= 4 is 33.7 Å². The third kappa shape index (κ3) is 3.59. The monoisotopic (exact) mass is 473 g/mol. The number of nitrogens with zero attached hydrogens (tertiary/aromatic N) is 1. The zero-order chi connectivity index (χ0) is 21.7. The lowest BCUT2D eigenvalue weighted by Gasteiger charge is -2.37. The smallest absolute Gasteiger partial charge is 0.246 e. The van der Waals surface area contributed by atoms with Gasteiger partial charge in [0, 0.05) is 16.9 Å². The summed E-state index contributed by atoms with van der Waals surface area (Å²) in [6.07, 6.45) is 0.787. The van der Waals surface area contributed by atoms with E-state index in [1.54, 1.807) is 6.92 Å². The molecule has 8 nitrogen and oxygen atoms in total. The largest absolute Gasteiger partial charge is 0.394 e. The second-order valence-electron chi connectivity index (χ2n) is 9.47. The minimum Gasteiger partial charge on any atom is -0.394 e. The highest BCUT2D eigenvalue weighted by atomic mass is 79.9. The van der Waals surface area contributed by atoms with Gasteiger partial charge in [-0.25, -0.2) is 0 Å². The van der Waals surface area contributed by atoms with Gasteiger partial charge in [0.1, 0.15) is 11.6 Å². The van der Waals surface area contributed by atoms with Crippen molar-refractivity contribution in [2.24, 2.45) is 11.8 Å². The number of fused-ring (bicyclic) bond motifs is 1. The number of rotatable bonds is 6. The predicted molar refractivity (Wildman–Crippen MR) is 110 cm³/mol. The molecule has 2 bridgehead atoms. The first-order chi connectivity index (χ1) is 13.5. The predicted octanol–water partition coefficient (Wildman–Crippen LogP) is 0.556.